The molecule has 1 N–H and O–H groups in total. The summed E-state index contributed by atoms with van der Waals surface area (Å²) >= 11 is 5.73. The normalized spacial score (nSPS) is 24.7. The number of rotatable bonds is 4. The van der Waals surface area contributed by atoms with Crippen molar-refractivity contribution in [3.8, 4) is 0 Å². The minimum atomic E-state index is 0.536. The van der Waals surface area contributed by atoms with Crippen LogP contribution in [0.2, 0.25) is 0 Å². The van der Waals surface area contributed by atoms with E-state index < -0.39 is 0 Å². The van der Waals surface area contributed by atoms with Gasteiger partial charge in [-0.15, -0.1) is 0 Å². The van der Waals surface area contributed by atoms with Crippen LogP contribution in [-0.2, 0) is 6.42 Å². The summed E-state index contributed by atoms with van der Waals surface area (Å²) in [6.45, 7) is 1.17. The van der Waals surface area contributed by atoms with Crippen molar-refractivity contribution in [1.29, 1.82) is 0 Å². The molecule has 0 radical (unpaired) electrons. The molecule has 2 aliphatic rings. The van der Waals surface area contributed by atoms with Crippen molar-refractivity contribution in [3.05, 3.63) is 33.8 Å². The number of hydrogen-bond donors (Lipinski definition) is 1. The highest BCUT2D eigenvalue weighted by molar-refractivity contribution is 9.10. The van der Waals surface area contributed by atoms with E-state index in [1.54, 1.807) is 0 Å². The molecule has 0 saturated heterocycles. The topological polar surface area (TPSA) is 12.0 Å². The molecule has 1 atom stereocenters. The number of thioether (sulfide) groups is 1. The Morgan fingerprint density at radius 2 is 2.28 bits per heavy atom. The molecular formula is C15H20BrNS. The summed E-state index contributed by atoms with van der Waals surface area (Å²) in [5, 5.41) is 3.82. The zero-order valence-corrected chi connectivity index (χ0v) is 13.2. The van der Waals surface area contributed by atoms with E-state index in [-0.39, 0.29) is 0 Å². The monoisotopic (exact) mass is 325 g/mol. The van der Waals surface area contributed by atoms with Gasteiger partial charge in [-0.3, -0.25) is 0 Å². The molecule has 0 aliphatic heterocycles. The zero-order valence-electron chi connectivity index (χ0n) is 10.8. The lowest BCUT2D eigenvalue weighted by atomic mass is 9.84. The highest BCUT2D eigenvalue weighted by Gasteiger charge is 2.37. The van der Waals surface area contributed by atoms with Gasteiger partial charge in [-0.2, -0.15) is 11.8 Å². The van der Waals surface area contributed by atoms with E-state index >= 15 is 0 Å². The minimum Gasteiger partial charge on any atom is -0.309 e. The van der Waals surface area contributed by atoms with Crippen LogP contribution in [0, 0.1) is 0 Å². The smallest absolute Gasteiger partial charge is 0.0327 e. The number of nitrogens with one attached hydrogen (secondary N) is 1. The molecule has 0 amide bonds. The Morgan fingerprint density at radius 3 is 2.94 bits per heavy atom. The fourth-order valence-corrected chi connectivity index (χ4v) is 4.66. The van der Waals surface area contributed by atoms with Gasteiger partial charge < -0.3 is 5.32 Å². The molecule has 1 aromatic rings. The van der Waals surface area contributed by atoms with Crippen LogP contribution in [-0.4, -0.2) is 17.5 Å². The van der Waals surface area contributed by atoms with Crippen LogP contribution in [0.25, 0.3) is 0 Å². The van der Waals surface area contributed by atoms with E-state index in [2.05, 4.69) is 57.5 Å². The van der Waals surface area contributed by atoms with Crippen molar-refractivity contribution in [2.45, 2.75) is 42.9 Å². The van der Waals surface area contributed by atoms with Crippen LogP contribution in [0.3, 0.4) is 0 Å². The van der Waals surface area contributed by atoms with Crippen molar-refractivity contribution < 1.29 is 0 Å². The predicted molar refractivity (Wildman–Crippen MR) is 83.3 cm³/mol. The second-order valence-corrected chi connectivity index (χ2v) is 7.65. The van der Waals surface area contributed by atoms with Gasteiger partial charge in [0.05, 0.1) is 0 Å². The Hall–Kier alpha value is 0.0100. The molecule has 0 spiro atoms. The predicted octanol–water partition coefficient (Wildman–Crippen LogP) is 4.31. The minimum absolute atomic E-state index is 0.536. The number of hydrogen-bond acceptors (Lipinski definition) is 2. The third-order valence-corrected chi connectivity index (χ3v) is 6.74. The zero-order chi connectivity index (χ0) is 12.6. The van der Waals surface area contributed by atoms with Crippen LogP contribution >= 0.6 is 27.7 Å². The van der Waals surface area contributed by atoms with Gasteiger partial charge in [0.1, 0.15) is 0 Å². The maximum atomic E-state index is 3.82. The van der Waals surface area contributed by atoms with Crippen molar-refractivity contribution in [3.63, 3.8) is 0 Å². The summed E-state index contributed by atoms with van der Waals surface area (Å²) in [5.74, 6) is 0. The molecule has 18 heavy (non-hydrogen) atoms. The largest absolute Gasteiger partial charge is 0.309 e. The third-order valence-electron chi connectivity index (χ3n) is 4.58. The highest BCUT2D eigenvalue weighted by atomic mass is 79.9. The summed E-state index contributed by atoms with van der Waals surface area (Å²) in [7, 11) is 0. The average Bonchev–Trinajstić information content (AvgIpc) is 2.73. The van der Waals surface area contributed by atoms with Crippen LogP contribution in [0.4, 0.5) is 0 Å². The highest BCUT2D eigenvalue weighted by Crippen LogP contribution is 2.43. The molecule has 3 rings (SSSR count). The van der Waals surface area contributed by atoms with Gasteiger partial charge in [-0.1, -0.05) is 34.5 Å². The lowest BCUT2D eigenvalue weighted by molar-refractivity contribution is 0.330. The van der Waals surface area contributed by atoms with Crippen molar-refractivity contribution in [2.24, 2.45) is 0 Å². The molecule has 1 saturated carbocycles. The molecule has 1 fully saturated rings. The molecule has 98 valence electrons. The van der Waals surface area contributed by atoms with Crippen LogP contribution in [0.5, 0.6) is 0 Å². The van der Waals surface area contributed by atoms with Gasteiger partial charge in [-0.05, 0) is 49.1 Å². The Kier molecular flexibility index (Phi) is 3.75. The molecule has 1 unspecified atom stereocenters. The summed E-state index contributed by atoms with van der Waals surface area (Å²) in [4.78, 5) is 0. The second kappa shape index (κ2) is 5.18. The first-order valence-electron chi connectivity index (χ1n) is 6.80. The summed E-state index contributed by atoms with van der Waals surface area (Å²) in [6.07, 6.45) is 8.91. The number of benzene rings is 1. The third kappa shape index (κ3) is 2.25. The average molecular weight is 326 g/mol. The Balaban J connectivity index is 1.68. The summed E-state index contributed by atoms with van der Waals surface area (Å²) in [5.41, 5.74) is 3.03. The molecule has 3 heteroatoms. The maximum absolute atomic E-state index is 3.82. The van der Waals surface area contributed by atoms with E-state index in [0.717, 1.165) is 0 Å². The summed E-state index contributed by atoms with van der Waals surface area (Å²) < 4.78 is 1.82. The van der Waals surface area contributed by atoms with Gasteiger partial charge >= 0.3 is 0 Å². The van der Waals surface area contributed by atoms with Gasteiger partial charge in [0.15, 0.2) is 0 Å². The second-order valence-electron chi connectivity index (χ2n) is 5.52. The van der Waals surface area contributed by atoms with E-state index in [1.165, 1.54) is 54.2 Å². The first-order valence-corrected chi connectivity index (χ1v) is 8.82. The number of halogens is 1. The molecule has 0 heterocycles. The molecule has 0 aromatic heterocycles. The first-order chi connectivity index (χ1) is 8.74. The lowest BCUT2D eigenvalue weighted by Gasteiger charge is -2.41. The molecular weight excluding hydrogens is 306 g/mol. The van der Waals surface area contributed by atoms with E-state index in [1.807, 2.05) is 0 Å². The standard InChI is InChI=1S/C15H20BrNS/c1-18-15(8-3-9-15)10-17-14-7-6-11-12(14)4-2-5-13(11)16/h2,4-5,14,17H,3,6-10H2,1H3. The van der Waals surface area contributed by atoms with Crippen LogP contribution in [0.1, 0.15) is 42.9 Å². The fourth-order valence-electron chi connectivity index (χ4n) is 3.16. The van der Waals surface area contributed by atoms with Gasteiger partial charge in [-0.25, -0.2) is 0 Å². The molecule has 0 bridgehead atoms. The van der Waals surface area contributed by atoms with E-state index in [4.69, 9.17) is 0 Å². The van der Waals surface area contributed by atoms with Gasteiger partial charge in [0.25, 0.3) is 0 Å². The number of fused-ring (bicyclic) bond motifs is 1. The van der Waals surface area contributed by atoms with Crippen molar-refractivity contribution in [2.75, 3.05) is 12.8 Å². The van der Waals surface area contributed by atoms with E-state index in [0.29, 0.717) is 10.8 Å². The van der Waals surface area contributed by atoms with Crippen molar-refractivity contribution >= 4 is 27.7 Å². The molecule has 2 aliphatic carbocycles. The van der Waals surface area contributed by atoms with Crippen LogP contribution < -0.4 is 5.32 Å². The van der Waals surface area contributed by atoms with Crippen molar-refractivity contribution in [1.82, 2.24) is 5.32 Å². The molecule has 1 aromatic carbocycles. The van der Waals surface area contributed by atoms with E-state index in [9.17, 15) is 0 Å². The SMILES string of the molecule is CSC1(CNC2CCc3c(Br)cccc32)CCC1. The van der Waals surface area contributed by atoms with Gasteiger partial charge in [0.2, 0.25) is 0 Å². The Bertz CT molecular complexity index is 437. The fraction of sp³-hybridized carbons (Fsp3) is 0.600. The summed E-state index contributed by atoms with van der Waals surface area (Å²) in [6, 6.07) is 7.19. The van der Waals surface area contributed by atoms with Gasteiger partial charge in [0, 0.05) is 21.8 Å². The maximum Gasteiger partial charge on any atom is 0.0327 e. The Labute approximate surface area is 122 Å². The quantitative estimate of drug-likeness (QED) is 0.885. The Morgan fingerprint density at radius 1 is 1.44 bits per heavy atom. The lowest BCUT2D eigenvalue weighted by Crippen LogP contribution is -2.44. The molecule has 1 nitrogen and oxygen atoms in total. The first kappa shape index (κ1) is 13.0. The van der Waals surface area contributed by atoms with Crippen LogP contribution in [0.15, 0.2) is 22.7 Å².